The number of nitrogens with zero attached hydrogens (tertiary/aromatic N) is 2. The van der Waals surface area contributed by atoms with Gasteiger partial charge in [0.1, 0.15) is 0 Å². The number of carbonyl (C=O) groups is 2. The summed E-state index contributed by atoms with van der Waals surface area (Å²) in [6.45, 7) is 3.32. The second-order valence-corrected chi connectivity index (χ2v) is 7.68. The lowest BCUT2D eigenvalue weighted by Crippen LogP contribution is -2.52. The van der Waals surface area contributed by atoms with E-state index in [1.165, 1.54) is 0 Å². The molecule has 0 radical (unpaired) electrons. The van der Waals surface area contributed by atoms with Crippen molar-refractivity contribution in [2.75, 3.05) is 20.1 Å². The van der Waals surface area contributed by atoms with Gasteiger partial charge in [0.2, 0.25) is 11.8 Å². The Bertz CT molecular complexity index is 797. The fourth-order valence-electron chi connectivity index (χ4n) is 3.89. The molecule has 0 aromatic heterocycles. The summed E-state index contributed by atoms with van der Waals surface area (Å²) in [4.78, 5) is 28.9. The van der Waals surface area contributed by atoms with Gasteiger partial charge in [-0.05, 0) is 36.1 Å². The summed E-state index contributed by atoms with van der Waals surface area (Å²) < 4.78 is 0. The molecule has 3 rings (SSSR count). The second kappa shape index (κ2) is 8.13. The van der Waals surface area contributed by atoms with Gasteiger partial charge in [-0.1, -0.05) is 54.1 Å². The SMILES string of the molecule is CC(=O)N1CCC(C(=O)N(C)Cc2ccc(Cl)cc2)(c2ccccc2)CC1. The van der Waals surface area contributed by atoms with Crippen LogP contribution in [0.2, 0.25) is 5.02 Å². The fraction of sp³-hybridized carbons (Fsp3) is 0.364. The number of hydrogen-bond acceptors (Lipinski definition) is 2. The molecule has 5 heteroatoms. The average Bonchev–Trinajstić information content (AvgIpc) is 2.69. The van der Waals surface area contributed by atoms with Gasteiger partial charge in [-0.2, -0.15) is 0 Å². The lowest BCUT2D eigenvalue weighted by molar-refractivity contribution is -0.141. The van der Waals surface area contributed by atoms with Crippen LogP contribution in [0.4, 0.5) is 0 Å². The molecule has 142 valence electrons. The molecule has 2 aromatic rings. The van der Waals surface area contributed by atoms with E-state index < -0.39 is 5.41 Å². The summed E-state index contributed by atoms with van der Waals surface area (Å²) in [5.74, 6) is 0.172. The Morgan fingerprint density at radius 3 is 2.19 bits per heavy atom. The van der Waals surface area contributed by atoms with Crippen molar-refractivity contribution < 1.29 is 9.59 Å². The van der Waals surface area contributed by atoms with E-state index in [0.717, 1.165) is 11.1 Å². The van der Waals surface area contributed by atoms with Crippen LogP contribution >= 0.6 is 11.6 Å². The van der Waals surface area contributed by atoms with Crippen LogP contribution in [0.25, 0.3) is 0 Å². The predicted molar refractivity (Wildman–Crippen MR) is 108 cm³/mol. The lowest BCUT2D eigenvalue weighted by Gasteiger charge is -2.42. The molecule has 0 N–H and O–H groups in total. The molecule has 1 heterocycles. The summed E-state index contributed by atoms with van der Waals surface area (Å²) in [7, 11) is 1.85. The largest absolute Gasteiger partial charge is 0.343 e. The molecule has 2 amide bonds. The van der Waals surface area contributed by atoms with Crippen LogP contribution in [0.5, 0.6) is 0 Å². The Kier molecular flexibility index (Phi) is 5.85. The first kappa shape index (κ1) is 19.4. The number of rotatable bonds is 4. The number of hydrogen-bond donors (Lipinski definition) is 0. The molecular formula is C22H25ClN2O2. The van der Waals surface area contributed by atoms with Gasteiger partial charge in [0, 0.05) is 38.6 Å². The fourth-order valence-corrected chi connectivity index (χ4v) is 4.01. The molecule has 0 bridgehead atoms. The Balaban J connectivity index is 1.85. The Morgan fingerprint density at radius 2 is 1.63 bits per heavy atom. The first-order chi connectivity index (χ1) is 12.9. The highest BCUT2D eigenvalue weighted by Gasteiger charge is 2.44. The smallest absolute Gasteiger partial charge is 0.233 e. The van der Waals surface area contributed by atoms with Crippen LogP contribution in [0.3, 0.4) is 0 Å². The highest BCUT2D eigenvalue weighted by Crippen LogP contribution is 2.37. The number of benzene rings is 2. The Hall–Kier alpha value is -2.33. The van der Waals surface area contributed by atoms with Crippen LogP contribution in [0.1, 0.15) is 30.9 Å². The van der Waals surface area contributed by atoms with Gasteiger partial charge < -0.3 is 9.80 Å². The molecule has 0 unspecified atom stereocenters. The second-order valence-electron chi connectivity index (χ2n) is 7.24. The molecular weight excluding hydrogens is 360 g/mol. The third-order valence-corrected chi connectivity index (χ3v) is 5.73. The van der Waals surface area contributed by atoms with E-state index >= 15 is 0 Å². The van der Waals surface area contributed by atoms with Crippen LogP contribution in [-0.4, -0.2) is 41.8 Å². The van der Waals surface area contributed by atoms with Crippen molar-refractivity contribution in [3.05, 3.63) is 70.7 Å². The zero-order valence-corrected chi connectivity index (χ0v) is 16.6. The molecule has 27 heavy (non-hydrogen) atoms. The highest BCUT2D eigenvalue weighted by molar-refractivity contribution is 6.30. The number of likely N-dealkylation sites (N-methyl/N-ethyl adjacent to an activating group) is 1. The summed E-state index contributed by atoms with van der Waals surface area (Å²) in [6, 6.07) is 17.5. The number of piperidine rings is 1. The van der Waals surface area contributed by atoms with Crippen LogP contribution in [0.15, 0.2) is 54.6 Å². The molecule has 0 saturated carbocycles. The zero-order valence-electron chi connectivity index (χ0n) is 15.8. The molecule has 1 aliphatic rings. The van der Waals surface area contributed by atoms with Gasteiger partial charge in [0.25, 0.3) is 0 Å². The molecule has 1 fully saturated rings. The van der Waals surface area contributed by atoms with Gasteiger partial charge in [-0.3, -0.25) is 9.59 Å². The maximum Gasteiger partial charge on any atom is 0.233 e. The van der Waals surface area contributed by atoms with Crippen molar-refractivity contribution in [3.63, 3.8) is 0 Å². The quantitative estimate of drug-likeness (QED) is 0.802. The van der Waals surface area contributed by atoms with Crippen molar-refractivity contribution in [1.82, 2.24) is 9.80 Å². The molecule has 4 nitrogen and oxygen atoms in total. The van der Waals surface area contributed by atoms with E-state index in [4.69, 9.17) is 11.6 Å². The molecule has 0 atom stereocenters. The van der Waals surface area contributed by atoms with Crippen molar-refractivity contribution in [3.8, 4) is 0 Å². The molecule has 2 aromatic carbocycles. The third-order valence-electron chi connectivity index (χ3n) is 5.48. The van der Waals surface area contributed by atoms with E-state index in [0.29, 0.717) is 37.5 Å². The van der Waals surface area contributed by atoms with E-state index in [2.05, 4.69) is 0 Å². The maximum absolute atomic E-state index is 13.6. The Labute approximate surface area is 165 Å². The van der Waals surface area contributed by atoms with Crippen LogP contribution in [0, 0.1) is 0 Å². The van der Waals surface area contributed by atoms with E-state index in [1.54, 1.807) is 11.8 Å². The molecule has 0 spiro atoms. The van der Waals surface area contributed by atoms with Crippen molar-refractivity contribution in [1.29, 1.82) is 0 Å². The third kappa shape index (κ3) is 4.16. The van der Waals surface area contributed by atoms with Gasteiger partial charge in [0.05, 0.1) is 5.41 Å². The minimum atomic E-state index is -0.589. The van der Waals surface area contributed by atoms with Gasteiger partial charge >= 0.3 is 0 Å². The van der Waals surface area contributed by atoms with Crippen LogP contribution < -0.4 is 0 Å². The first-order valence-electron chi connectivity index (χ1n) is 9.23. The van der Waals surface area contributed by atoms with Gasteiger partial charge in [-0.25, -0.2) is 0 Å². The van der Waals surface area contributed by atoms with Crippen molar-refractivity contribution >= 4 is 23.4 Å². The maximum atomic E-state index is 13.6. The highest BCUT2D eigenvalue weighted by atomic mass is 35.5. The summed E-state index contributed by atoms with van der Waals surface area (Å²) in [5, 5.41) is 0.685. The summed E-state index contributed by atoms with van der Waals surface area (Å²) in [6.07, 6.45) is 1.28. The molecule has 1 saturated heterocycles. The standard InChI is InChI=1S/C22H25ClN2O2/c1-17(26)25-14-12-22(13-15-25,19-6-4-3-5-7-19)21(27)24(2)16-18-8-10-20(23)11-9-18/h3-11H,12-16H2,1-2H3. The van der Waals surface area contributed by atoms with Crippen LogP contribution in [-0.2, 0) is 21.5 Å². The van der Waals surface area contributed by atoms with Crippen molar-refractivity contribution in [2.24, 2.45) is 0 Å². The molecule has 0 aliphatic carbocycles. The number of likely N-dealkylation sites (tertiary alicyclic amines) is 1. The number of halogens is 1. The topological polar surface area (TPSA) is 40.6 Å². The van der Waals surface area contributed by atoms with E-state index in [9.17, 15) is 9.59 Å². The lowest BCUT2D eigenvalue weighted by atomic mass is 9.71. The minimum absolute atomic E-state index is 0.0682. The number of carbonyl (C=O) groups excluding carboxylic acids is 2. The monoisotopic (exact) mass is 384 g/mol. The van der Waals surface area contributed by atoms with Crippen molar-refractivity contribution in [2.45, 2.75) is 31.7 Å². The average molecular weight is 385 g/mol. The predicted octanol–water partition coefficient (Wildman–Crippen LogP) is 3.88. The first-order valence-corrected chi connectivity index (χ1v) is 9.61. The van der Waals surface area contributed by atoms with Gasteiger partial charge in [0.15, 0.2) is 0 Å². The zero-order chi connectivity index (χ0) is 19.4. The minimum Gasteiger partial charge on any atom is -0.343 e. The Morgan fingerprint density at radius 1 is 1.04 bits per heavy atom. The van der Waals surface area contributed by atoms with Gasteiger partial charge in [-0.15, -0.1) is 0 Å². The van der Waals surface area contributed by atoms with E-state index in [1.807, 2.05) is 66.5 Å². The summed E-state index contributed by atoms with van der Waals surface area (Å²) >= 11 is 5.96. The van der Waals surface area contributed by atoms with E-state index in [-0.39, 0.29) is 11.8 Å². The molecule has 1 aliphatic heterocycles. The summed E-state index contributed by atoms with van der Waals surface area (Å²) in [5.41, 5.74) is 1.48. The number of amides is 2. The normalized spacial score (nSPS) is 16.0.